The molecule has 23 heavy (non-hydrogen) atoms. The van der Waals surface area contributed by atoms with Crippen molar-refractivity contribution in [1.29, 1.82) is 0 Å². The van der Waals surface area contributed by atoms with Crippen molar-refractivity contribution in [3.8, 4) is 11.4 Å². The topological polar surface area (TPSA) is 80.5 Å². The van der Waals surface area contributed by atoms with Gasteiger partial charge in [-0.2, -0.15) is 4.98 Å². The van der Waals surface area contributed by atoms with E-state index < -0.39 is 0 Å². The average molecular weight is 317 g/mol. The molecule has 2 heterocycles. The number of hydrogen-bond donors (Lipinski definition) is 1. The highest BCUT2D eigenvalue weighted by Gasteiger charge is 2.17. The Morgan fingerprint density at radius 3 is 2.96 bits per heavy atom. The van der Waals surface area contributed by atoms with Crippen molar-refractivity contribution >= 4 is 5.96 Å². The van der Waals surface area contributed by atoms with Gasteiger partial charge in [0.1, 0.15) is 12.4 Å². The highest BCUT2D eigenvalue weighted by atomic mass is 19.1. The molecule has 7 heteroatoms. The number of piperidine rings is 1. The van der Waals surface area contributed by atoms with Crippen molar-refractivity contribution in [3.63, 3.8) is 0 Å². The first-order valence-electron chi connectivity index (χ1n) is 7.75. The van der Waals surface area contributed by atoms with Crippen LogP contribution in [0.5, 0.6) is 0 Å². The number of hydrogen-bond acceptors (Lipinski definition) is 4. The van der Waals surface area contributed by atoms with Crippen LogP contribution in [0.3, 0.4) is 0 Å². The minimum absolute atomic E-state index is 0.222. The highest BCUT2D eigenvalue weighted by Crippen LogP contribution is 2.18. The Kier molecular flexibility index (Phi) is 4.55. The van der Waals surface area contributed by atoms with Gasteiger partial charge in [-0.25, -0.2) is 9.38 Å². The van der Waals surface area contributed by atoms with E-state index in [-0.39, 0.29) is 12.4 Å². The molecular weight excluding hydrogens is 297 g/mol. The molecule has 0 spiro atoms. The summed E-state index contributed by atoms with van der Waals surface area (Å²) in [6.45, 7) is 4.32. The van der Waals surface area contributed by atoms with E-state index >= 15 is 0 Å². The van der Waals surface area contributed by atoms with Crippen molar-refractivity contribution in [2.45, 2.75) is 26.3 Å². The highest BCUT2D eigenvalue weighted by molar-refractivity contribution is 5.78. The van der Waals surface area contributed by atoms with Crippen LogP contribution in [0.25, 0.3) is 11.4 Å². The lowest BCUT2D eigenvalue weighted by molar-refractivity contribution is 0.277. The van der Waals surface area contributed by atoms with Crippen molar-refractivity contribution in [3.05, 3.63) is 36.0 Å². The molecule has 0 aliphatic carbocycles. The van der Waals surface area contributed by atoms with Gasteiger partial charge in [0.25, 0.3) is 0 Å². The van der Waals surface area contributed by atoms with E-state index in [1.54, 1.807) is 12.1 Å². The van der Waals surface area contributed by atoms with Crippen LogP contribution in [0.1, 0.15) is 25.7 Å². The van der Waals surface area contributed by atoms with Gasteiger partial charge in [0, 0.05) is 18.7 Å². The smallest absolute Gasteiger partial charge is 0.248 e. The molecule has 0 amide bonds. The Morgan fingerprint density at radius 2 is 2.22 bits per heavy atom. The molecule has 1 saturated heterocycles. The van der Waals surface area contributed by atoms with E-state index in [1.165, 1.54) is 12.1 Å². The molecule has 0 radical (unpaired) electrons. The van der Waals surface area contributed by atoms with E-state index in [0.29, 0.717) is 23.2 Å². The molecule has 0 bridgehead atoms. The number of rotatable bonds is 3. The van der Waals surface area contributed by atoms with Crippen molar-refractivity contribution in [2.24, 2.45) is 16.6 Å². The molecule has 6 nitrogen and oxygen atoms in total. The fourth-order valence-corrected chi connectivity index (χ4v) is 2.55. The molecule has 1 aromatic heterocycles. The Hall–Kier alpha value is -2.44. The largest absolute Gasteiger partial charge is 0.370 e. The summed E-state index contributed by atoms with van der Waals surface area (Å²) in [4.78, 5) is 10.6. The normalized spacial score (nSPS) is 16.8. The molecule has 122 valence electrons. The average Bonchev–Trinajstić information content (AvgIpc) is 3.02. The summed E-state index contributed by atoms with van der Waals surface area (Å²) in [6, 6.07) is 6.06. The quantitative estimate of drug-likeness (QED) is 0.694. The van der Waals surface area contributed by atoms with Gasteiger partial charge in [-0.3, -0.25) is 0 Å². The van der Waals surface area contributed by atoms with Crippen molar-refractivity contribution in [1.82, 2.24) is 15.0 Å². The second-order valence-corrected chi connectivity index (χ2v) is 5.87. The molecule has 0 saturated carbocycles. The van der Waals surface area contributed by atoms with Gasteiger partial charge in [-0.15, -0.1) is 0 Å². The van der Waals surface area contributed by atoms with Gasteiger partial charge in [0.15, 0.2) is 5.96 Å². The number of likely N-dealkylation sites (tertiary alicyclic amines) is 1. The van der Waals surface area contributed by atoms with E-state index in [1.807, 2.05) is 0 Å². The van der Waals surface area contributed by atoms with E-state index in [0.717, 1.165) is 31.8 Å². The molecule has 0 unspecified atom stereocenters. The number of aromatic nitrogens is 2. The third-order valence-electron chi connectivity index (χ3n) is 4.03. The van der Waals surface area contributed by atoms with Crippen LogP contribution in [0, 0.1) is 11.7 Å². The maximum atomic E-state index is 13.2. The number of nitrogens with zero attached hydrogens (tertiary/aromatic N) is 4. The zero-order valence-corrected chi connectivity index (χ0v) is 13.1. The first-order valence-corrected chi connectivity index (χ1v) is 7.75. The van der Waals surface area contributed by atoms with E-state index in [9.17, 15) is 4.39 Å². The minimum atomic E-state index is -0.338. The van der Waals surface area contributed by atoms with Gasteiger partial charge >= 0.3 is 0 Å². The van der Waals surface area contributed by atoms with Crippen LogP contribution >= 0.6 is 0 Å². The van der Waals surface area contributed by atoms with E-state index in [2.05, 4.69) is 27.0 Å². The number of halogens is 1. The summed E-state index contributed by atoms with van der Waals surface area (Å²) in [5, 5.41) is 3.85. The van der Waals surface area contributed by atoms with Gasteiger partial charge < -0.3 is 15.2 Å². The van der Waals surface area contributed by atoms with Crippen LogP contribution in [-0.4, -0.2) is 34.1 Å². The summed E-state index contributed by atoms with van der Waals surface area (Å²) in [6.07, 6.45) is 2.25. The maximum Gasteiger partial charge on any atom is 0.248 e. The zero-order valence-electron chi connectivity index (χ0n) is 13.1. The monoisotopic (exact) mass is 317 g/mol. The molecule has 2 aromatic rings. The second kappa shape index (κ2) is 6.76. The number of aliphatic imine (C=N–C) groups is 1. The van der Waals surface area contributed by atoms with Gasteiger partial charge in [0.2, 0.25) is 11.7 Å². The van der Waals surface area contributed by atoms with E-state index in [4.69, 9.17) is 10.3 Å². The number of benzene rings is 1. The molecule has 1 aliphatic heterocycles. The Bertz CT molecular complexity index is 691. The van der Waals surface area contributed by atoms with Crippen LogP contribution in [0.2, 0.25) is 0 Å². The molecule has 1 aliphatic rings. The summed E-state index contributed by atoms with van der Waals surface area (Å²) < 4.78 is 18.4. The molecule has 1 aromatic carbocycles. The lowest BCUT2D eigenvalue weighted by Gasteiger charge is -2.30. The Balaban J connectivity index is 1.64. The predicted octanol–water partition coefficient (Wildman–Crippen LogP) is 2.42. The Morgan fingerprint density at radius 1 is 1.43 bits per heavy atom. The SMILES string of the molecule is CC1CCN(C(N)=NCc2nc(-c3cccc(F)c3)no2)CC1. The van der Waals surface area contributed by atoms with Gasteiger partial charge in [-0.05, 0) is 30.9 Å². The van der Waals surface area contributed by atoms with Crippen molar-refractivity contribution < 1.29 is 8.91 Å². The molecular formula is C16H20FN5O. The Labute approximate surface area is 134 Å². The van der Waals surface area contributed by atoms with Crippen LogP contribution in [0.4, 0.5) is 4.39 Å². The molecule has 2 N–H and O–H groups in total. The first-order chi connectivity index (χ1) is 11.1. The third kappa shape index (κ3) is 3.85. The standard InChI is InChI=1S/C16H20FN5O/c1-11-5-7-22(8-6-11)16(18)19-10-14-20-15(21-23-14)12-3-2-4-13(17)9-12/h2-4,9,11H,5-8,10H2,1H3,(H2,18,19). The van der Waals surface area contributed by atoms with Crippen molar-refractivity contribution in [2.75, 3.05) is 13.1 Å². The molecule has 3 rings (SSSR count). The lowest BCUT2D eigenvalue weighted by atomic mass is 10.00. The summed E-state index contributed by atoms with van der Waals surface area (Å²) in [7, 11) is 0. The van der Waals surface area contributed by atoms with Gasteiger partial charge in [-0.1, -0.05) is 24.2 Å². The summed E-state index contributed by atoms with van der Waals surface area (Å²) in [5.41, 5.74) is 6.59. The summed E-state index contributed by atoms with van der Waals surface area (Å²) >= 11 is 0. The van der Waals surface area contributed by atoms with Crippen LogP contribution in [-0.2, 0) is 6.54 Å². The fraction of sp³-hybridized carbons (Fsp3) is 0.438. The maximum absolute atomic E-state index is 13.2. The predicted molar refractivity (Wildman–Crippen MR) is 85.0 cm³/mol. The first kappa shape index (κ1) is 15.5. The second-order valence-electron chi connectivity index (χ2n) is 5.87. The number of guanidine groups is 1. The van der Waals surface area contributed by atoms with Crippen LogP contribution < -0.4 is 5.73 Å². The zero-order chi connectivity index (χ0) is 16.2. The minimum Gasteiger partial charge on any atom is -0.370 e. The lowest BCUT2D eigenvalue weighted by Crippen LogP contribution is -2.42. The van der Waals surface area contributed by atoms with Crippen LogP contribution in [0.15, 0.2) is 33.8 Å². The third-order valence-corrected chi connectivity index (χ3v) is 4.03. The molecule has 1 fully saturated rings. The molecule has 0 atom stereocenters. The number of nitrogens with two attached hydrogens (primary N) is 1. The van der Waals surface area contributed by atoms with Gasteiger partial charge in [0.05, 0.1) is 0 Å². The fourth-order valence-electron chi connectivity index (χ4n) is 2.55. The summed E-state index contributed by atoms with van der Waals surface area (Å²) in [5.74, 6) is 1.61.